The molecular formula is C16H32N2O. The van der Waals surface area contributed by atoms with Gasteiger partial charge in [0.1, 0.15) is 0 Å². The number of unbranched alkanes of at least 4 members (excludes halogenated alkanes) is 7. The molecule has 19 heavy (non-hydrogen) atoms. The van der Waals surface area contributed by atoms with Crippen LogP contribution in [0.5, 0.6) is 0 Å². The van der Waals surface area contributed by atoms with Gasteiger partial charge in [0.25, 0.3) is 0 Å². The first-order valence-electron chi connectivity index (χ1n) is 8.18. The van der Waals surface area contributed by atoms with E-state index in [2.05, 4.69) is 13.8 Å². The zero-order chi connectivity index (χ0) is 14.1. The predicted octanol–water partition coefficient (Wildman–Crippen LogP) is 3.32. The van der Waals surface area contributed by atoms with Gasteiger partial charge in [0.15, 0.2) is 0 Å². The zero-order valence-corrected chi connectivity index (χ0v) is 12.9. The molecule has 1 aliphatic heterocycles. The fourth-order valence-corrected chi connectivity index (χ4v) is 2.74. The van der Waals surface area contributed by atoms with Gasteiger partial charge in [-0.1, -0.05) is 58.8 Å². The molecule has 2 atom stereocenters. The van der Waals surface area contributed by atoms with Crippen LogP contribution >= 0.6 is 0 Å². The summed E-state index contributed by atoms with van der Waals surface area (Å²) >= 11 is 0. The van der Waals surface area contributed by atoms with Crippen molar-refractivity contribution in [3.63, 3.8) is 0 Å². The number of rotatable bonds is 9. The minimum absolute atomic E-state index is 0.173. The van der Waals surface area contributed by atoms with Gasteiger partial charge >= 0.3 is 0 Å². The van der Waals surface area contributed by atoms with E-state index in [1.807, 2.05) is 4.90 Å². The number of hydrogen-bond acceptors (Lipinski definition) is 2. The van der Waals surface area contributed by atoms with E-state index in [0.717, 1.165) is 19.5 Å². The Hall–Kier alpha value is -0.570. The van der Waals surface area contributed by atoms with Crippen LogP contribution in [0.1, 0.15) is 71.6 Å². The second-order valence-corrected chi connectivity index (χ2v) is 6.16. The smallest absolute Gasteiger partial charge is 0.222 e. The standard InChI is InChI=1S/C16H32N2O/c1-3-4-5-6-7-8-9-10-11-18-13-15(17)14(2)12-16(18)19/h14-15H,3-13,17H2,1-2H3. The molecule has 1 rings (SSSR count). The van der Waals surface area contributed by atoms with Gasteiger partial charge in [0, 0.05) is 25.6 Å². The first-order chi connectivity index (χ1) is 9.15. The molecule has 0 aliphatic carbocycles. The summed E-state index contributed by atoms with van der Waals surface area (Å²) in [5.74, 6) is 0.652. The lowest BCUT2D eigenvalue weighted by Gasteiger charge is -2.34. The van der Waals surface area contributed by atoms with E-state index >= 15 is 0 Å². The zero-order valence-electron chi connectivity index (χ0n) is 12.9. The van der Waals surface area contributed by atoms with Crippen LogP contribution in [0, 0.1) is 5.92 Å². The average Bonchev–Trinajstić information content (AvgIpc) is 2.38. The number of hydrogen-bond donors (Lipinski definition) is 1. The Bertz CT molecular complexity index is 255. The van der Waals surface area contributed by atoms with Crippen LogP contribution in [0.2, 0.25) is 0 Å². The summed E-state index contributed by atoms with van der Waals surface area (Å²) in [6, 6.07) is 0.173. The summed E-state index contributed by atoms with van der Waals surface area (Å²) in [5.41, 5.74) is 6.04. The molecule has 1 heterocycles. The fraction of sp³-hybridized carbons (Fsp3) is 0.938. The summed E-state index contributed by atoms with van der Waals surface area (Å²) in [6.45, 7) is 6.00. The minimum atomic E-state index is 0.173. The molecule has 0 aromatic carbocycles. The topological polar surface area (TPSA) is 46.3 Å². The Labute approximate surface area is 118 Å². The molecule has 0 spiro atoms. The van der Waals surface area contributed by atoms with Crippen molar-refractivity contribution in [1.82, 2.24) is 4.90 Å². The van der Waals surface area contributed by atoms with Crippen LogP contribution in [0.3, 0.4) is 0 Å². The highest BCUT2D eigenvalue weighted by molar-refractivity contribution is 5.77. The minimum Gasteiger partial charge on any atom is -0.341 e. The van der Waals surface area contributed by atoms with Crippen LogP contribution in [-0.4, -0.2) is 29.9 Å². The molecule has 2 N–H and O–H groups in total. The van der Waals surface area contributed by atoms with E-state index in [-0.39, 0.29) is 6.04 Å². The lowest BCUT2D eigenvalue weighted by Crippen LogP contribution is -2.50. The summed E-state index contributed by atoms with van der Waals surface area (Å²) < 4.78 is 0. The van der Waals surface area contributed by atoms with Gasteiger partial charge in [0.2, 0.25) is 5.91 Å². The molecular weight excluding hydrogens is 236 g/mol. The maximum absolute atomic E-state index is 11.9. The molecule has 3 heteroatoms. The number of carbonyl (C=O) groups is 1. The van der Waals surface area contributed by atoms with E-state index in [0.29, 0.717) is 18.2 Å². The summed E-state index contributed by atoms with van der Waals surface area (Å²) in [4.78, 5) is 13.8. The second kappa shape index (κ2) is 9.35. The maximum atomic E-state index is 11.9. The maximum Gasteiger partial charge on any atom is 0.222 e. The van der Waals surface area contributed by atoms with E-state index in [1.54, 1.807) is 0 Å². The Morgan fingerprint density at radius 3 is 2.32 bits per heavy atom. The SMILES string of the molecule is CCCCCCCCCCN1CC(N)C(C)CC1=O. The molecule has 112 valence electrons. The van der Waals surface area contributed by atoms with Crippen molar-refractivity contribution < 1.29 is 4.79 Å². The third-order valence-electron chi connectivity index (χ3n) is 4.29. The summed E-state index contributed by atoms with van der Waals surface area (Å²) in [6.07, 6.45) is 11.1. The molecule has 0 aromatic rings. The third-order valence-corrected chi connectivity index (χ3v) is 4.29. The van der Waals surface area contributed by atoms with E-state index in [1.165, 1.54) is 44.9 Å². The molecule has 0 saturated carbocycles. The van der Waals surface area contributed by atoms with Crippen molar-refractivity contribution in [1.29, 1.82) is 0 Å². The molecule has 3 nitrogen and oxygen atoms in total. The highest BCUT2D eigenvalue weighted by Gasteiger charge is 2.28. The highest BCUT2D eigenvalue weighted by atomic mass is 16.2. The molecule has 1 fully saturated rings. The summed E-state index contributed by atoms with van der Waals surface area (Å²) in [5, 5.41) is 0. The van der Waals surface area contributed by atoms with Crippen molar-refractivity contribution >= 4 is 5.91 Å². The molecule has 0 aromatic heterocycles. The van der Waals surface area contributed by atoms with Crippen molar-refractivity contribution in [3.05, 3.63) is 0 Å². The van der Waals surface area contributed by atoms with Crippen LogP contribution in [0.25, 0.3) is 0 Å². The van der Waals surface area contributed by atoms with Gasteiger partial charge in [-0.2, -0.15) is 0 Å². The van der Waals surface area contributed by atoms with E-state index in [9.17, 15) is 4.79 Å². The first-order valence-corrected chi connectivity index (χ1v) is 8.18. The molecule has 1 amide bonds. The van der Waals surface area contributed by atoms with Gasteiger partial charge in [0.05, 0.1) is 0 Å². The normalized spacial score (nSPS) is 23.9. The lowest BCUT2D eigenvalue weighted by atomic mass is 9.93. The summed E-state index contributed by atoms with van der Waals surface area (Å²) in [7, 11) is 0. The van der Waals surface area contributed by atoms with Gasteiger partial charge in [-0.3, -0.25) is 4.79 Å². The monoisotopic (exact) mass is 268 g/mol. The average molecular weight is 268 g/mol. The van der Waals surface area contributed by atoms with Crippen molar-refractivity contribution in [2.24, 2.45) is 11.7 Å². The van der Waals surface area contributed by atoms with Crippen LogP contribution in [-0.2, 0) is 4.79 Å². The Morgan fingerprint density at radius 1 is 1.11 bits per heavy atom. The van der Waals surface area contributed by atoms with Gasteiger partial charge < -0.3 is 10.6 Å². The van der Waals surface area contributed by atoms with Gasteiger partial charge in [-0.05, 0) is 12.3 Å². The number of piperidine rings is 1. The van der Waals surface area contributed by atoms with Gasteiger partial charge in [-0.25, -0.2) is 0 Å². The largest absolute Gasteiger partial charge is 0.341 e. The molecule has 1 saturated heterocycles. The third kappa shape index (κ3) is 6.42. The Kier molecular flexibility index (Phi) is 8.11. The van der Waals surface area contributed by atoms with Crippen LogP contribution < -0.4 is 5.73 Å². The molecule has 0 bridgehead atoms. The van der Waals surface area contributed by atoms with E-state index in [4.69, 9.17) is 5.73 Å². The lowest BCUT2D eigenvalue weighted by molar-refractivity contribution is -0.135. The van der Waals surface area contributed by atoms with Crippen molar-refractivity contribution in [3.8, 4) is 0 Å². The Morgan fingerprint density at radius 2 is 1.68 bits per heavy atom. The van der Waals surface area contributed by atoms with Crippen LogP contribution in [0.4, 0.5) is 0 Å². The fourth-order valence-electron chi connectivity index (χ4n) is 2.74. The highest BCUT2D eigenvalue weighted by Crippen LogP contribution is 2.17. The van der Waals surface area contributed by atoms with Crippen LogP contribution in [0.15, 0.2) is 0 Å². The molecule has 2 unspecified atom stereocenters. The number of amides is 1. The number of nitrogens with two attached hydrogens (primary N) is 1. The number of carbonyl (C=O) groups excluding carboxylic acids is 1. The van der Waals surface area contributed by atoms with E-state index < -0.39 is 0 Å². The second-order valence-electron chi connectivity index (χ2n) is 6.16. The number of likely N-dealkylation sites (tertiary alicyclic amines) is 1. The first kappa shape index (κ1) is 16.5. The Balaban J connectivity index is 2.01. The van der Waals surface area contributed by atoms with Crippen molar-refractivity contribution in [2.45, 2.75) is 77.7 Å². The molecule has 1 aliphatic rings. The van der Waals surface area contributed by atoms with Crippen molar-refractivity contribution in [2.75, 3.05) is 13.1 Å². The quantitative estimate of drug-likeness (QED) is 0.652. The predicted molar refractivity (Wildman–Crippen MR) is 80.9 cm³/mol. The van der Waals surface area contributed by atoms with Gasteiger partial charge in [-0.15, -0.1) is 0 Å². The number of nitrogens with zero attached hydrogens (tertiary/aromatic N) is 1. The molecule has 0 radical (unpaired) electrons.